The summed E-state index contributed by atoms with van der Waals surface area (Å²) in [4.78, 5) is 4.61. The third kappa shape index (κ3) is 1.85. The van der Waals surface area contributed by atoms with Crippen LogP contribution in [0.1, 0.15) is 28.1 Å². The number of aryl methyl sites for hydroxylation is 4. The Bertz CT molecular complexity index is 903. The number of imidazole rings is 1. The lowest BCUT2D eigenvalue weighted by atomic mass is 10.1. The van der Waals surface area contributed by atoms with E-state index in [1.54, 1.807) is 4.68 Å². The first-order chi connectivity index (χ1) is 9.93. The van der Waals surface area contributed by atoms with Gasteiger partial charge >= 0.3 is 0 Å². The summed E-state index contributed by atoms with van der Waals surface area (Å²) in [5.41, 5.74) is 8.12. The van der Waals surface area contributed by atoms with E-state index in [-0.39, 0.29) is 0 Å². The molecule has 0 aromatic carbocycles. The van der Waals surface area contributed by atoms with Gasteiger partial charge in [0.05, 0.1) is 11.4 Å². The Balaban J connectivity index is 2.43. The molecule has 0 saturated heterocycles. The molecule has 0 bridgehead atoms. The molecule has 3 rings (SSSR count). The minimum atomic E-state index is 0.815. The van der Waals surface area contributed by atoms with Crippen molar-refractivity contribution in [3.05, 3.63) is 40.3 Å². The van der Waals surface area contributed by atoms with Gasteiger partial charge in [-0.15, -0.1) is 6.42 Å². The van der Waals surface area contributed by atoms with Crippen molar-refractivity contribution in [1.82, 2.24) is 19.2 Å². The fourth-order valence-electron chi connectivity index (χ4n) is 2.95. The van der Waals surface area contributed by atoms with Gasteiger partial charge in [0.25, 0.3) is 0 Å². The number of nitrogens with zero attached hydrogens (tertiary/aromatic N) is 4. The SMILES string of the molecule is C#Cc1c(C)c(-c2c(C)cc(C)c3nc(C)cn23)nn1C. The van der Waals surface area contributed by atoms with Gasteiger partial charge in [-0.05, 0) is 38.8 Å². The summed E-state index contributed by atoms with van der Waals surface area (Å²) in [6, 6.07) is 2.15. The maximum absolute atomic E-state index is 5.59. The molecule has 0 amide bonds. The van der Waals surface area contributed by atoms with Crippen LogP contribution in [0.2, 0.25) is 0 Å². The van der Waals surface area contributed by atoms with Crippen LogP contribution in [0.25, 0.3) is 17.0 Å². The highest BCUT2D eigenvalue weighted by molar-refractivity contribution is 5.70. The molecule has 106 valence electrons. The van der Waals surface area contributed by atoms with E-state index in [0.717, 1.165) is 39.5 Å². The molecule has 0 radical (unpaired) electrons. The summed E-state index contributed by atoms with van der Waals surface area (Å²) in [7, 11) is 1.88. The monoisotopic (exact) mass is 278 g/mol. The molecule has 21 heavy (non-hydrogen) atoms. The molecule has 0 saturated carbocycles. The van der Waals surface area contributed by atoms with Crippen LogP contribution in [-0.2, 0) is 7.05 Å². The van der Waals surface area contributed by atoms with E-state index in [9.17, 15) is 0 Å². The molecule has 4 heteroatoms. The molecular weight excluding hydrogens is 260 g/mol. The maximum atomic E-state index is 5.59. The number of terminal acetylenes is 1. The molecule has 3 aromatic rings. The van der Waals surface area contributed by atoms with Crippen molar-refractivity contribution in [1.29, 1.82) is 0 Å². The summed E-state index contributed by atoms with van der Waals surface area (Å²) >= 11 is 0. The fourth-order valence-corrected chi connectivity index (χ4v) is 2.95. The Labute approximate surface area is 124 Å². The van der Waals surface area contributed by atoms with Crippen LogP contribution >= 0.6 is 0 Å². The molecule has 0 unspecified atom stereocenters. The molecule has 0 atom stereocenters. The lowest BCUT2D eigenvalue weighted by Gasteiger charge is -2.10. The zero-order valence-corrected chi connectivity index (χ0v) is 13.0. The Morgan fingerprint density at radius 3 is 2.48 bits per heavy atom. The smallest absolute Gasteiger partial charge is 0.140 e. The van der Waals surface area contributed by atoms with Gasteiger partial charge in [-0.3, -0.25) is 9.08 Å². The van der Waals surface area contributed by atoms with Crippen molar-refractivity contribution in [3.8, 4) is 23.7 Å². The van der Waals surface area contributed by atoms with E-state index in [1.165, 1.54) is 5.56 Å². The Kier molecular flexibility index (Phi) is 2.87. The van der Waals surface area contributed by atoms with Crippen LogP contribution in [-0.4, -0.2) is 19.2 Å². The summed E-state index contributed by atoms with van der Waals surface area (Å²) in [6.45, 7) is 8.20. The van der Waals surface area contributed by atoms with Gasteiger partial charge in [0.1, 0.15) is 17.0 Å². The van der Waals surface area contributed by atoms with E-state index in [0.29, 0.717) is 0 Å². The molecule has 3 heterocycles. The van der Waals surface area contributed by atoms with Crippen LogP contribution in [0.4, 0.5) is 0 Å². The molecule has 0 aliphatic rings. The second-order valence-corrected chi connectivity index (χ2v) is 5.53. The topological polar surface area (TPSA) is 35.1 Å². The number of pyridine rings is 1. The summed E-state index contributed by atoms with van der Waals surface area (Å²) < 4.78 is 3.88. The van der Waals surface area contributed by atoms with Gasteiger partial charge in [-0.1, -0.05) is 12.0 Å². The third-order valence-electron chi connectivity index (χ3n) is 3.87. The predicted octanol–water partition coefficient (Wildman–Crippen LogP) is 2.95. The van der Waals surface area contributed by atoms with Crippen LogP contribution in [0.3, 0.4) is 0 Å². The molecule has 0 aliphatic heterocycles. The largest absolute Gasteiger partial charge is 0.297 e. The van der Waals surface area contributed by atoms with Gasteiger partial charge in [0.2, 0.25) is 0 Å². The lowest BCUT2D eigenvalue weighted by molar-refractivity contribution is 0.758. The maximum Gasteiger partial charge on any atom is 0.140 e. The van der Waals surface area contributed by atoms with Crippen LogP contribution in [0.15, 0.2) is 12.3 Å². The zero-order valence-electron chi connectivity index (χ0n) is 13.0. The summed E-state index contributed by atoms with van der Waals surface area (Å²) in [5.74, 6) is 2.71. The van der Waals surface area contributed by atoms with Gasteiger partial charge in [0, 0.05) is 18.8 Å². The molecule has 0 spiro atoms. The zero-order chi connectivity index (χ0) is 15.3. The fraction of sp³-hybridized carbons (Fsp3) is 0.294. The van der Waals surface area contributed by atoms with Crippen molar-refractivity contribution in [3.63, 3.8) is 0 Å². The number of fused-ring (bicyclic) bond motifs is 1. The Morgan fingerprint density at radius 2 is 1.86 bits per heavy atom. The van der Waals surface area contributed by atoms with Crippen LogP contribution in [0.5, 0.6) is 0 Å². The highest BCUT2D eigenvalue weighted by Crippen LogP contribution is 2.29. The van der Waals surface area contributed by atoms with Crippen LogP contribution < -0.4 is 0 Å². The summed E-state index contributed by atoms with van der Waals surface area (Å²) in [6.07, 6.45) is 7.64. The molecule has 3 aromatic heterocycles. The quantitative estimate of drug-likeness (QED) is 0.641. The molecule has 0 fully saturated rings. The number of rotatable bonds is 1. The van der Waals surface area contributed by atoms with E-state index in [2.05, 4.69) is 40.3 Å². The van der Waals surface area contributed by atoms with Crippen molar-refractivity contribution < 1.29 is 0 Å². The Morgan fingerprint density at radius 1 is 1.14 bits per heavy atom. The Hall–Kier alpha value is -2.54. The molecule has 0 N–H and O–H groups in total. The molecule has 4 nitrogen and oxygen atoms in total. The lowest BCUT2D eigenvalue weighted by Crippen LogP contribution is -1.99. The standard InChI is InChI=1S/C17H18N4/c1-7-14-13(5)15(19-20(14)6)16-10(2)8-11(3)17-18-12(4)9-21(16)17/h1,8-9H,2-6H3. The van der Waals surface area contributed by atoms with Crippen molar-refractivity contribution >= 4 is 5.65 Å². The first-order valence-electron chi connectivity index (χ1n) is 6.90. The highest BCUT2D eigenvalue weighted by atomic mass is 15.3. The number of hydrogen-bond donors (Lipinski definition) is 0. The number of aromatic nitrogens is 4. The highest BCUT2D eigenvalue weighted by Gasteiger charge is 2.18. The number of hydrogen-bond acceptors (Lipinski definition) is 2. The normalized spacial score (nSPS) is 11.0. The first kappa shape index (κ1) is 13.4. The second kappa shape index (κ2) is 4.49. The van der Waals surface area contributed by atoms with Gasteiger partial charge < -0.3 is 0 Å². The average Bonchev–Trinajstić information content (AvgIpc) is 2.91. The van der Waals surface area contributed by atoms with Crippen molar-refractivity contribution in [2.45, 2.75) is 27.7 Å². The van der Waals surface area contributed by atoms with E-state index in [4.69, 9.17) is 6.42 Å². The third-order valence-corrected chi connectivity index (χ3v) is 3.87. The van der Waals surface area contributed by atoms with Crippen molar-refractivity contribution in [2.75, 3.05) is 0 Å². The van der Waals surface area contributed by atoms with E-state index in [1.807, 2.05) is 27.1 Å². The molecule has 0 aliphatic carbocycles. The first-order valence-corrected chi connectivity index (χ1v) is 6.90. The summed E-state index contributed by atoms with van der Waals surface area (Å²) in [5, 5.41) is 4.63. The van der Waals surface area contributed by atoms with Gasteiger partial charge in [0.15, 0.2) is 0 Å². The molecular formula is C17H18N4. The van der Waals surface area contributed by atoms with Gasteiger partial charge in [-0.25, -0.2) is 4.98 Å². The van der Waals surface area contributed by atoms with E-state index < -0.39 is 0 Å². The van der Waals surface area contributed by atoms with Gasteiger partial charge in [-0.2, -0.15) is 5.10 Å². The average molecular weight is 278 g/mol. The minimum Gasteiger partial charge on any atom is -0.297 e. The predicted molar refractivity (Wildman–Crippen MR) is 84.3 cm³/mol. The second-order valence-electron chi connectivity index (χ2n) is 5.53. The van der Waals surface area contributed by atoms with E-state index >= 15 is 0 Å². The van der Waals surface area contributed by atoms with Crippen LogP contribution in [0, 0.1) is 40.0 Å². The van der Waals surface area contributed by atoms with Crippen molar-refractivity contribution in [2.24, 2.45) is 7.05 Å². The minimum absolute atomic E-state index is 0.815.